The highest BCUT2D eigenvalue weighted by molar-refractivity contribution is 5.05. The molecule has 0 spiro atoms. The van der Waals surface area contributed by atoms with E-state index in [9.17, 15) is 30.7 Å². The highest BCUT2D eigenvalue weighted by atomic mass is 19.4. The number of rotatable bonds is 6. The molecule has 0 aliphatic carbocycles. The summed E-state index contributed by atoms with van der Waals surface area (Å²) in [7, 11) is 0. The first-order valence-corrected chi connectivity index (χ1v) is 6.13. The molecule has 0 aromatic carbocycles. The average Bonchev–Trinajstić information content (AvgIpc) is 2.27. The van der Waals surface area contributed by atoms with E-state index >= 15 is 0 Å². The fourth-order valence-electron chi connectivity index (χ4n) is 2.18. The predicted octanol–water partition coefficient (Wildman–Crippen LogP) is 5.14. The zero-order valence-corrected chi connectivity index (χ0v) is 12.3. The van der Waals surface area contributed by atoms with E-state index in [0.717, 1.165) is 0 Å². The lowest BCUT2D eigenvalue weighted by Crippen LogP contribution is -2.64. The van der Waals surface area contributed by atoms with Crippen molar-refractivity contribution in [3.63, 3.8) is 0 Å². The summed E-state index contributed by atoms with van der Waals surface area (Å²) in [6.07, 6.45) is -8.27. The Morgan fingerprint density at radius 2 is 1.24 bits per heavy atom. The van der Waals surface area contributed by atoms with E-state index in [0.29, 0.717) is 13.8 Å². The second kappa shape index (κ2) is 5.57. The van der Waals surface area contributed by atoms with Gasteiger partial charge in [0.05, 0.1) is 5.41 Å². The monoisotopic (exact) mass is 328 g/mol. The van der Waals surface area contributed by atoms with Crippen molar-refractivity contribution in [2.24, 2.45) is 10.8 Å². The number of halogens is 7. The fourth-order valence-corrected chi connectivity index (χ4v) is 2.18. The van der Waals surface area contributed by atoms with Gasteiger partial charge in [-0.25, -0.2) is 4.89 Å². The van der Waals surface area contributed by atoms with Gasteiger partial charge in [-0.1, -0.05) is 34.6 Å². The molecule has 0 aromatic heterocycles. The lowest BCUT2D eigenvalue weighted by Gasteiger charge is -2.47. The molecule has 0 bridgehead atoms. The Morgan fingerprint density at radius 1 is 0.857 bits per heavy atom. The van der Waals surface area contributed by atoms with Crippen molar-refractivity contribution >= 4 is 0 Å². The van der Waals surface area contributed by atoms with Crippen LogP contribution in [-0.4, -0.2) is 29.4 Å². The highest BCUT2D eigenvalue weighted by Gasteiger charge is 2.79. The Kier molecular flexibility index (Phi) is 5.42. The second-order valence-electron chi connectivity index (χ2n) is 6.20. The van der Waals surface area contributed by atoms with Crippen LogP contribution >= 0.6 is 0 Å². The smallest absolute Gasteiger partial charge is 0.251 e. The average molecular weight is 328 g/mol. The van der Waals surface area contributed by atoms with Crippen molar-refractivity contribution in [2.45, 2.75) is 65.2 Å². The van der Waals surface area contributed by atoms with Crippen LogP contribution in [-0.2, 0) is 4.89 Å². The van der Waals surface area contributed by atoms with E-state index in [4.69, 9.17) is 5.26 Å². The normalized spacial score (nSPS) is 17.0. The Hall–Kier alpha value is -0.570. The van der Waals surface area contributed by atoms with Gasteiger partial charge in [-0.05, 0) is 11.8 Å². The summed E-state index contributed by atoms with van der Waals surface area (Å²) in [5, 5.41) is 8.80. The van der Waals surface area contributed by atoms with Gasteiger partial charge < -0.3 is 0 Å². The van der Waals surface area contributed by atoms with E-state index in [1.54, 1.807) is 0 Å². The van der Waals surface area contributed by atoms with E-state index in [2.05, 4.69) is 4.89 Å². The molecule has 0 heterocycles. The molecule has 0 amide bonds. The van der Waals surface area contributed by atoms with Crippen molar-refractivity contribution in [3.05, 3.63) is 0 Å². The van der Waals surface area contributed by atoms with Gasteiger partial charge in [-0.2, -0.15) is 30.7 Å². The minimum Gasteiger partial charge on any atom is -0.251 e. The van der Waals surface area contributed by atoms with Gasteiger partial charge in [0.1, 0.15) is 6.10 Å². The van der Waals surface area contributed by atoms with Crippen LogP contribution in [0.3, 0.4) is 0 Å². The van der Waals surface area contributed by atoms with Gasteiger partial charge in [0.2, 0.25) is 0 Å². The van der Waals surface area contributed by atoms with Crippen LogP contribution in [0.2, 0.25) is 0 Å². The molecule has 2 nitrogen and oxygen atoms in total. The number of hydrogen-bond acceptors (Lipinski definition) is 2. The quantitative estimate of drug-likeness (QED) is 0.415. The van der Waals surface area contributed by atoms with Crippen LogP contribution < -0.4 is 0 Å². The Balaban J connectivity index is 5.98. The second-order valence-corrected chi connectivity index (χ2v) is 6.20. The van der Waals surface area contributed by atoms with Gasteiger partial charge in [0, 0.05) is 0 Å². The summed E-state index contributed by atoms with van der Waals surface area (Å²) in [5.74, 6) is -11.7. The minimum atomic E-state index is -6.43. The molecule has 0 radical (unpaired) electrons. The van der Waals surface area contributed by atoms with Crippen molar-refractivity contribution in [2.75, 3.05) is 0 Å². The fraction of sp³-hybridized carbons (Fsp3) is 1.00. The molecule has 1 N–H and O–H groups in total. The molecule has 0 fully saturated rings. The first-order chi connectivity index (χ1) is 9.00. The van der Waals surface area contributed by atoms with Gasteiger partial charge >= 0.3 is 18.0 Å². The third-order valence-electron chi connectivity index (χ3n) is 3.94. The van der Waals surface area contributed by atoms with Crippen LogP contribution in [0.25, 0.3) is 0 Å². The zero-order chi connectivity index (χ0) is 17.5. The molecule has 0 aromatic rings. The van der Waals surface area contributed by atoms with Crippen LogP contribution in [0.4, 0.5) is 30.7 Å². The van der Waals surface area contributed by atoms with Crippen LogP contribution in [0.15, 0.2) is 0 Å². The van der Waals surface area contributed by atoms with Crippen molar-refractivity contribution in [1.29, 1.82) is 0 Å². The number of alkyl halides is 7. The molecule has 0 saturated heterocycles. The molecule has 1 unspecified atom stereocenters. The third-order valence-corrected chi connectivity index (χ3v) is 3.94. The SMILES string of the molecule is CCC(C)(C)C(OO)C(C)(C)C(F)(F)C(F)(F)C(F)(F)F. The Labute approximate surface area is 118 Å². The van der Waals surface area contributed by atoms with Crippen LogP contribution in [0, 0.1) is 10.8 Å². The summed E-state index contributed by atoms with van der Waals surface area (Å²) < 4.78 is 91.0. The standard InChI is InChI=1S/C12H19F7O2/c1-6-8(2,3)7(21-20)9(4,5)10(13,14)11(15,16)12(17,18)19/h7,20H,6H2,1-5H3. The largest absolute Gasteiger partial charge is 0.459 e. The van der Waals surface area contributed by atoms with Crippen LogP contribution in [0.5, 0.6) is 0 Å². The molecule has 0 saturated carbocycles. The van der Waals surface area contributed by atoms with Gasteiger partial charge in [-0.15, -0.1) is 0 Å². The molecule has 9 heteroatoms. The van der Waals surface area contributed by atoms with Crippen molar-refractivity contribution in [1.82, 2.24) is 0 Å². The maximum Gasteiger partial charge on any atom is 0.459 e. The summed E-state index contributed by atoms with van der Waals surface area (Å²) in [6.45, 7) is 5.15. The van der Waals surface area contributed by atoms with E-state index in [-0.39, 0.29) is 6.42 Å². The van der Waals surface area contributed by atoms with Gasteiger partial charge in [-0.3, -0.25) is 5.26 Å². The molecule has 1 atom stereocenters. The predicted molar refractivity (Wildman–Crippen MR) is 61.3 cm³/mol. The maximum absolute atomic E-state index is 13.9. The third kappa shape index (κ3) is 3.13. The van der Waals surface area contributed by atoms with Crippen LogP contribution in [0.1, 0.15) is 41.0 Å². The minimum absolute atomic E-state index is 0.106. The summed E-state index contributed by atoms with van der Waals surface area (Å²) in [4.78, 5) is 3.88. The Bertz CT molecular complexity index is 361. The van der Waals surface area contributed by atoms with Gasteiger partial charge in [0.25, 0.3) is 0 Å². The molecule has 128 valence electrons. The topological polar surface area (TPSA) is 29.5 Å². The number of hydrogen-bond donors (Lipinski definition) is 1. The van der Waals surface area contributed by atoms with Crippen molar-refractivity contribution < 1.29 is 40.9 Å². The highest BCUT2D eigenvalue weighted by Crippen LogP contribution is 2.57. The lowest BCUT2D eigenvalue weighted by atomic mass is 9.66. The maximum atomic E-state index is 13.9. The molecular weight excluding hydrogens is 309 g/mol. The van der Waals surface area contributed by atoms with E-state index < -0.39 is 35.0 Å². The van der Waals surface area contributed by atoms with Crippen molar-refractivity contribution in [3.8, 4) is 0 Å². The summed E-state index contributed by atoms with van der Waals surface area (Å²) in [5.41, 5.74) is -4.25. The molecular formula is C12H19F7O2. The Morgan fingerprint density at radius 3 is 1.48 bits per heavy atom. The first kappa shape index (κ1) is 20.4. The molecule has 21 heavy (non-hydrogen) atoms. The molecule has 0 aliphatic rings. The van der Waals surface area contributed by atoms with E-state index in [1.807, 2.05) is 0 Å². The first-order valence-electron chi connectivity index (χ1n) is 6.13. The molecule has 0 aliphatic heterocycles. The summed E-state index contributed by atoms with van der Waals surface area (Å²) in [6, 6.07) is 0. The molecule has 0 rings (SSSR count). The zero-order valence-electron chi connectivity index (χ0n) is 12.3. The van der Waals surface area contributed by atoms with E-state index in [1.165, 1.54) is 20.8 Å². The summed E-state index contributed by atoms with van der Waals surface area (Å²) >= 11 is 0. The van der Waals surface area contributed by atoms with Gasteiger partial charge in [0.15, 0.2) is 0 Å². The lowest BCUT2D eigenvalue weighted by molar-refractivity contribution is -0.410.